The van der Waals surface area contributed by atoms with Gasteiger partial charge in [0.1, 0.15) is 16.5 Å². The standard InChI is InChI=1S/C22H22FN3O4S2/c1-30-19-9-8-16(14-20(19)32(28,29)26-10-4-5-11-26)21(27)24-22-25(12-13-31-22)15-17-6-2-3-7-18(17)23/h2-3,6-9,12-14H,4-5,10-11,15H2,1H3. The highest BCUT2D eigenvalue weighted by molar-refractivity contribution is 7.89. The fourth-order valence-corrected chi connectivity index (χ4v) is 5.97. The number of hydrogen-bond donors (Lipinski definition) is 0. The highest BCUT2D eigenvalue weighted by Gasteiger charge is 2.30. The number of hydrogen-bond acceptors (Lipinski definition) is 5. The number of ether oxygens (including phenoxy) is 1. The minimum absolute atomic E-state index is 0.0478. The van der Waals surface area contributed by atoms with E-state index < -0.39 is 15.9 Å². The van der Waals surface area contributed by atoms with Crippen LogP contribution < -0.4 is 9.54 Å². The summed E-state index contributed by atoms with van der Waals surface area (Å²) in [5, 5.41) is 1.75. The molecule has 3 aromatic rings. The Balaban J connectivity index is 1.67. The maximum atomic E-state index is 14.0. The number of amides is 1. The number of carbonyl (C=O) groups excluding carboxylic acids is 1. The lowest BCUT2D eigenvalue weighted by molar-refractivity contribution is 0.0997. The molecule has 1 fully saturated rings. The van der Waals surface area contributed by atoms with Gasteiger partial charge in [-0.15, -0.1) is 11.3 Å². The molecule has 1 amide bonds. The third-order valence-corrected chi connectivity index (χ3v) is 7.96. The Morgan fingerprint density at radius 2 is 1.94 bits per heavy atom. The Bertz CT molecular complexity index is 1310. The van der Waals surface area contributed by atoms with Crippen molar-refractivity contribution in [3.05, 3.63) is 75.8 Å². The molecule has 1 saturated heterocycles. The Kier molecular flexibility index (Phi) is 6.54. The number of aromatic nitrogens is 1. The molecule has 0 saturated carbocycles. The zero-order chi connectivity index (χ0) is 22.7. The van der Waals surface area contributed by atoms with Crippen molar-refractivity contribution in [2.45, 2.75) is 24.3 Å². The molecule has 1 aliphatic rings. The first-order chi connectivity index (χ1) is 15.4. The Labute approximate surface area is 189 Å². The van der Waals surface area contributed by atoms with Gasteiger partial charge < -0.3 is 9.30 Å². The average molecular weight is 476 g/mol. The van der Waals surface area contributed by atoms with E-state index in [4.69, 9.17) is 4.74 Å². The van der Waals surface area contributed by atoms with E-state index in [2.05, 4.69) is 4.99 Å². The number of benzene rings is 2. The normalized spacial score (nSPS) is 15.2. The van der Waals surface area contributed by atoms with E-state index in [0.717, 1.165) is 12.8 Å². The summed E-state index contributed by atoms with van der Waals surface area (Å²) < 4.78 is 48.5. The molecule has 2 aromatic carbocycles. The highest BCUT2D eigenvalue weighted by atomic mass is 32.2. The van der Waals surface area contributed by atoms with Crippen LogP contribution in [-0.2, 0) is 16.6 Å². The molecule has 7 nitrogen and oxygen atoms in total. The number of carbonyl (C=O) groups is 1. The van der Waals surface area contributed by atoms with Crippen LogP contribution in [-0.4, -0.2) is 43.4 Å². The molecule has 0 unspecified atom stereocenters. The second-order valence-electron chi connectivity index (χ2n) is 7.30. The lowest BCUT2D eigenvalue weighted by Gasteiger charge is -2.18. The van der Waals surface area contributed by atoms with Gasteiger partial charge in [-0.25, -0.2) is 12.8 Å². The third kappa shape index (κ3) is 4.52. The van der Waals surface area contributed by atoms with Crippen molar-refractivity contribution in [1.82, 2.24) is 8.87 Å². The number of halogens is 1. The number of rotatable bonds is 6. The van der Waals surface area contributed by atoms with Gasteiger partial charge in [-0.3, -0.25) is 4.79 Å². The molecule has 0 bridgehead atoms. The lowest BCUT2D eigenvalue weighted by atomic mass is 10.2. The van der Waals surface area contributed by atoms with E-state index in [9.17, 15) is 17.6 Å². The van der Waals surface area contributed by atoms with Gasteiger partial charge in [0, 0.05) is 35.8 Å². The predicted molar refractivity (Wildman–Crippen MR) is 119 cm³/mol. The molecule has 2 heterocycles. The summed E-state index contributed by atoms with van der Waals surface area (Å²) in [6.07, 6.45) is 3.33. The van der Waals surface area contributed by atoms with Crippen molar-refractivity contribution in [2.24, 2.45) is 4.99 Å². The summed E-state index contributed by atoms with van der Waals surface area (Å²) in [5.74, 6) is -0.746. The van der Waals surface area contributed by atoms with Crippen LogP contribution in [0.15, 0.2) is 63.9 Å². The second-order valence-corrected chi connectivity index (χ2v) is 10.1. The topological polar surface area (TPSA) is 81.0 Å². The van der Waals surface area contributed by atoms with Gasteiger partial charge in [-0.1, -0.05) is 18.2 Å². The Hall–Kier alpha value is -2.82. The summed E-state index contributed by atoms with van der Waals surface area (Å²) in [5.41, 5.74) is 0.609. The molecule has 0 atom stereocenters. The van der Waals surface area contributed by atoms with Crippen LogP contribution in [0.3, 0.4) is 0 Å². The summed E-state index contributed by atoms with van der Waals surface area (Å²) >= 11 is 1.24. The number of nitrogens with zero attached hydrogens (tertiary/aromatic N) is 3. The Morgan fingerprint density at radius 1 is 1.19 bits per heavy atom. The largest absolute Gasteiger partial charge is 0.495 e. The fourth-order valence-electron chi connectivity index (χ4n) is 3.55. The predicted octanol–water partition coefficient (Wildman–Crippen LogP) is 3.27. The van der Waals surface area contributed by atoms with Crippen molar-refractivity contribution in [1.29, 1.82) is 0 Å². The average Bonchev–Trinajstić information content (AvgIpc) is 3.48. The van der Waals surface area contributed by atoms with Gasteiger partial charge in [0.05, 0.1) is 13.7 Å². The van der Waals surface area contributed by atoms with Crippen molar-refractivity contribution in [2.75, 3.05) is 20.2 Å². The number of methoxy groups -OCH3 is 1. The highest BCUT2D eigenvalue weighted by Crippen LogP contribution is 2.30. The maximum absolute atomic E-state index is 14.0. The smallest absolute Gasteiger partial charge is 0.279 e. The number of sulfonamides is 1. The van der Waals surface area contributed by atoms with Crippen LogP contribution in [0.2, 0.25) is 0 Å². The van der Waals surface area contributed by atoms with Crippen molar-refractivity contribution in [3.8, 4) is 5.75 Å². The van der Waals surface area contributed by atoms with Crippen molar-refractivity contribution < 1.29 is 22.3 Å². The quantitative estimate of drug-likeness (QED) is 0.548. The Morgan fingerprint density at radius 3 is 2.66 bits per heavy atom. The van der Waals surface area contributed by atoms with Gasteiger partial charge in [0.25, 0.3) is 5.91 Å². The maximum Gasteiger partial charge on any atom is 0.279 e. The zero-order valence-corrected chi connectivity index (χ0v) is 19.0. The monoisotopic (exact) mass is 475 g/mol. The molecule has 0 spiro atoms. The van der Waals surface area contributed by atoms with Crippen LogP contribution in [0.5, 0.6) is 5.75 Å². The van der Waals surface area contributed by atoms with Gasteiger partial charge in [0.2, 0.25) is 10.0 Å². The molecule has 168 valence electrons. The zero-order valence-electron chi connectivity index (χ0n) is 17.4. The first-order valence-electron chi connectivity index (χ1n) is 10.0. The van der Waals surface area contributed by atoms with E-state index in [1.165, 1.54) is 47.0 Å². The van der Waals surface area contributed by atoms with E-state index >= 15 is 0 Å². The molecular weight excluding hydrogens is 453 g/mol. The summed E-state index contributed by atoms with van der Waals surface area (Å²) in [7, 11) is -2.39. The molecule has 10 heteroatoms. The van der Waals surface area contributed by atoms with Gasteiger partial charge in [-0.2, -0.15) is 9.30 Å². The SMILES string of the molecule is COc1ccc(C(=O)N=c2sccn2Cc2ccccc2F)cc1S(=O)(=O)N1CCCC1. The molecule has 32 heavy (non-hydrogen) atoms. The fraction of sp³-hybridized carbons (Fsp3) is 0.273. The molecule has 0 radical (unpaired) electrons. The van der Waals surface area contributed by atoms with Gasteiger partial charge >= 0.3 is 0 Å². The summed E-state index contributed by atoms with van der Waals surface area (Å²) in [6, 6.07) is 10.7. The van der Waals surface area contributed by atoms with Crippen LogP contribution >= 0.6 is 11.3 Å². The summed E-state index contributed by atoms with van der Waals surface area (Å²) in [4.78, 5) is 17.4. The van der Waals surface area contributed by atoms with E-state index in [1.54, 1.807) is 34.3 Å². The molecule has 1 aromatic heterocycles. The van der Waals surface area contributed by atoms with E-state index in [1.807, 2.05) is 0 Å². The van der Waals surface area contributed by atoms with Crippen LogP contribution in [0.4, 0.5) is 4.39 Å². The van der Waals surface area contributed by atoms with Crippen LogP contribution in [0.1, 0.15) is 28.8 Å². The third-order valence-electron chi connectivity index (χ3n) is 5.25. The molecular formula is C22H22FN3O4S2. The lowest BCUT2D eigenvalue weighted by Crippen LogP contribution is -2.28. The first-order valence-corrected chi connectivity index (χ1v) is 12.4. The molecule has 1 aliphatic heterocycles. The van der Waals surface area contributed by atoms with Crippen LogP contribution in [0, 0.1) is 5.82 Å². The van der Waals surface area contributed by atoms with Crippen molar-refractivity contribution >= 4 is 27.3 Å². The second kappa shape index (κ2) is 9.35. The minimum Gasteiger partial charge on any atom is -0.495 e. The molecule has 4 rings (SSSR count). The molecule has 0 aliphatic carbocycles. The van der Waals surface area contributed by atoms with Crippen molar-refractivity contribution in [3.63, 3.8) is 0 Å². The minimum atomic E-state index is -3.78. The first kappa shape index (κ1) is 22.4. The van der Waals surface area contributed by atoms with Gasteiger partial charge in [-0.05, 0) is 37.1 Å². The number of thiazole rings is 1. The van der Waals surface area contributed by atoms with Crippen LogP contribution in [0.25, 0.3) is 0 Å². The molecule has 0 N–H and O–H groups in total. The van der Waals surface area contributed by atoms with E-state index in [0.29, 0.717) is 23.5 Å². The summed E-state index contributed by atoms with van der Waals surface area (Å²) in [6.45, 7) is 1.11. The van der Waals surface area contributed by atoms with Gasteiger partial charge in [0.15, 0.2) is 4.80 Å². The van der Waals surface area contributed by atoms with E-state index in [-0.39, 0.29) is 28.6 Å².